The van der Waals surface area contributed by atoms with Gasteiger partial charge in [0.2, 0.25) is 0 Å². The first-order valence-electron chi connectivity index (χ1n) is 11.3. The molecule has 0 radical (unpaired) electrons. The lowest BCUT2D eigenvalue weighted by Crippen LogP contribution is -2.31. The van der Waals surface area contributed by atoms with Crippen LogP contribution in [0.3, 0.4) is 0 Å². The fourth-order valence-corrected chi connectivity index (χ4v) is 4.60. The Morgan fingerprint density at radius 3 is 2.42 bits per heavy atom. The maximum atomic E-state index is 12.5. The monoisotopic (exact) mass is 470 g/mol. The van der Waals surface area contributed by atoms with Crippen LogP contribution < -0.4 is 0 Å². The van der Waals surface area contributed by atoms with Gasteiger partial charge < -0.3 is 19.1 Å². The fourth-order valence-electron chi connectivity index (χ4n) is 4.47. The molecule has 0 spiro atoms. The van der Waals surface area contributed by atoms with Crippen molar-refractivity contribution in [3.63, 3.8) is 0 Å². The predicted octanol–water partition coefficient (Wildman–Crippen LogP) is 6.01. The summed E-state index contributed by atoms with van der Waals surface area (Å²) in [6.07, 6.45) is 0.0424. The zero-order chi connectivity index (χ0) is 24.1. The number of nitrogens with zero attached hydrogens (tertiary/aromatic N) is 2. The number of carboxylic acids is 1. The van der Waals surface area contributed by atoms with Crippen LogP contribution in [0, 0.1) is 20.8 Å². The van der Waals surface area contributed by atoms with Gasteiger partial charge in [0, 0.05) is 39.5 Å². The number of fused-ring (bicyclic) bond motifs is 1. The van der Waals surface area contributed by atoms with E-state index in [2.05, 4.69) is 18.4 Å². The van der Waals surface area contributed by atoms with Gasteiger partial charge in [-0.15, -0.1) is 0 Å². The maximum Gasteiger partial charge on any atom is 0.337 e. The number of aliphatic carboxylic acids is 1. The van der Waals surface area contributed by atoms with E-state index in [1.165, 1.54) is 0 Å². The normalized spacial score (nSPS) is 17.2. The van der Waals surface area contributed by atoms with Crippen molar-refractivity contribution in [2.75, 3.05) is 6.61 Å². The van der Waals surface area contributed by atoms with Gasteiger partial charge in [0.1, 0.15) is 5.65 Å². The molecular formula is C26H31ClN2O4. The molecule has 0 saturated carbocycles. The second-order valence-corrected chi connectivity index (χ2v) is 10.2. The molecule has 0 aliphatic carbocycles. The Morgan fingerprint density at radius 1 is 1.27 bits per heavy atom. The Kier molecular flexibility index (Phi) is 6.29. The van der Waals surface area contributed by atoms with Crippen LogP contribution in [0.4, 0.5) is 0 Å². The summed E-state index contributed by atoms with van der Waals surface area (Å²) in [7, 11) is 0. The molecule has 2 aromatic heterocycles. The Labute approximate surface area is 199 Å². The van der Waals surface area contributed by atoms with Crippen LogP contribution in [0.15, 0.2) is 24.3 Å². The highest BCUT2D eigenvalue weighted by Gasteiger charge is 2.34. The van der Waals surface area contributed by atoms with E-state index in [0.717, 1.165) is 53.0 Å². The van der Waals surface area contributed by atoms with E-state index in [9.17, 15) is 9.90 Å². The molecule has 2 atom stereocenters. The summed E-state index contributed by atoms with van der Waals surface area (Å²) < 4.78 is 14.0. The Balaban J connectivity index is 2.06. The van der Waals surface area contributed by atoms with Crippen LogP contribution in [0.2, 0.25) is 5.02 Å². The third-order valence-electron chi connectivity index (χ3n) is 6.25. The summed E-state index contributed by atoms with van der Waals surface area (Å²) in [5, 5.41) is 11.8. The van der Waals surface area contributed by atoms with Gasteiger partial charge in [-0.3, -0.25) is 0 Å². The van der Waals surface area contributed by atoms with E-state index >= 15 is 0 Å². The molecule has 7 heteroatoms. The molecule has 6 nitrogen and oxygen atoms in total. The largest absolute Gasteiger partial charge is 0.479 e. The second-order valence-electron chi connectivity index (χ2n) is 9.74. The van der Waals surface area contributed by atoms with Crippen molar-refractivity contribution in [2.24, 2.45) is 0 Å². The van der Waals surface area contributed by atoms with Crippen molar-refractivity contribution < 1.29 is 19.4 Å². The summed E-state index contributed by atoms with van der Waals surface area (Å²) in [5.41, 5.74) is 5.29. The molecule has 3 heterocycles. The molecule has 0 amide bonds. The molecule has 1 saturated heterocycles. The number of hydrogen-bond donors (Lipinski definition) is 1. The van der Waals surface area contributed by atoms with E-state index in [4.69, 9.17) is 26.1 Å². The van der Waals surface area contributed by atoms with Crippen molar-refractivity contribution in [2.45, 2.75) is 72.3 Å². The number of ether oxygens (including phenoxy) is 2. The lowest BCUT2D eigenvalue weighted by Gasteiger charge is -2.29. The van der Waals surface area contributed by atoms with E-state index < -0.39 is 17.7 Å². The molecule has 1 N–H and O–H groups in total. The number of hydrogen-bond acceptors (Lipinski definition) is 4. The van der Waals surface area contributed by atoms with Gasteiger partial charge in [-0.1, -0.05) is 23.7 Å². The van der Waals surface area contributed by atoms with Gasteiger partial charge in [-0.25, -0.2) is 9.78 Å². The number of halogens is 1. The Hall–Kier alpha value is -2.41. The van der Waals surface area contributed by atoms with Gasteiger partial charge >= 0.3 is 5.97 Å². The highest BCUT2D eigenvalue weighted by Crippen LogP contribution is 2.42. The summed E-state index contributed by atoms with van der Waals surface area (Å²) in [5.74, 6) is -1.04. The Bertz CT molecular complexity index is 1200. The van der Waals surface area contributed by atoms with Crippen molar-refractivity contribution in [1.82, 2.24) is 9.55 Å². The third kappa shape index (κ3) is 4.52. The highest BCUT2D eigenvalue weighted by molar-refractivity contribution is 6.30. The Morgan fingerprint density at radius 2 is 1.91 bits per heavy atom. The van der Waals surface area contributed by atoms with Crippen LogP contribution in [0.1, 0.15) is 55.8 Å². The van der Waals surface area contributed by atoms with E-state index in [-0.39, 0.29) is 6.10 Å². The lowest BCUT2D eigenvalue weighted by molar-refractivity contribution is -0.160. The summed E-state index contributed by atoms with van der Waals surface area (Å²) in [6.45, 7) is 13.1. The zero-order valence-electron chi connectivity index (χ0n) is 20.0. The predicted molar refractivity (Wildman–Crippen MR) is 130 cm³/mol. The number of benzene rings is 1. The van der Waals surface area contributed by atoms with Crippen molar-refractivity contribution >= 4 is 28.6 Å². The van der Waals surface area contributed by atoms with Gasteiger partial charge in [-0.2, -0.15) is 0 Å². The fraction of sp³-hybridized carbons (Fsp3) is 0.462. The van der Waals surface area contributed by atoms with E-state index in [1.807, 2.05) is 52.0 Å². The molecule has 3 aromatic rings. The first kappa shape index (κ1) is 23.7. The maximum absolute atomic E-state index is 12.5. The summed E-state index contributed by atoms with van der Waals surface area (Å²) in [6, 6.07) is 7.50. The van der Waals surface area contributed by atoms with E-state index in [1.54, 1.807) is 0 Å². The number of carbonyl (C=O) groups is 1. The van der Waals surface area contributed by atoms with Crippen LogP contribution >= 0.6 is 11.6 Å². The minimum Gasteiger partial charge on any atom is -0.479 e. The van der Waals surface area contributed by atoms with Crippen molar-refractivity contribution in [1.29, 1.82) is 0 Å². The average Bonchev–Trinajstić information content (AvgIpc) is 2.92. The first-order valence-corrected chi connectivity index (χ1v) is 11.6. The zero-order valence-corrected chi connectivity index (χ0v) is 20.8. The van der Waals surface area contributed by atoms with Crippen LogP contribution in [-0.4, -0.2) is 38.9 Å². The summed E-state index contributed by atoms with van der Waals surface area (Å²) in [4.78, 5) is 17.4. The van der Waals surface area contributed by atoms with Gasteiger partial charge in [-0.05, 0) is 71.2 Å². The lowest BCUT2D eigenvalue weighted by atomic mass is 9.91. The molecule has 0 bridgehead atoms. The standard InChI is InChI=1S/C26H31ClN2O4/c1-14-16(3)29(13-19-11-12-32-19)24-20(14)22(17-7-9-18(27)10-8-17)21(15(2)28-24)23(25(30)31)33-26(4,5)6/h7-10,19,23H,11-13H2,1-6H3,(H,30,31)/t19?,23-/m0/s1. The first-order chi connectivity index (χ1) is 15.5. The van der Waals surface area contributed by atoms with E-state index in [0.29, 0.717) is 16.3 Å². The molecule has 1 unspecified atom stereocenters. The molecule has 4 rings (SSSR count). The molecule has 33 heavy (non-hydrogen) atoms. The molecule has 1 aliphatic rings. The molecule has 1 fully saturated rings. The number of carboxylic acid groups (broad SMARTS) is 1. The quantitative estimate of drug-likeness (QED) is 0.477. The van der Waals surface area contributed by atoms with Crippen LogP contribution in [0.5, 0.6) is 0 Å². The van der Waals surface area contributed by atoms with Gasteiger partial charge in [0.25, 0.3) is 0 Å². The topological polar surface area (TPSA) is 73.6 Å². The van der Waals surface area contributed by atoms with Crippen LogP contribution in [0.25, 0.3) is 22.2 Å². The third-order valence-corrected chi connectivity index (χ3v) is 6.51. The number of aryl methyl sites for hydroxylation is 2. The highest BCUT2D eigenvalue weighted by atomic mass is 35.5. The van der Waals surface area contributed by atoms with Crippen molar-refractivity contribution in [3.05, 3.63) is 51.8 Å². The average molecular weight is 471 g/mol. The molecule has 1 aliphatic heterocycles. The SMILES string of the molecule is Cc1nc2c(c(C)c(C)n2CC2CCO2)c(-c2ccc(Cl)cc2)c1[C@H](OC(C)(C)C)C(=O)O. The van der Waals surface area contributed by atoms with Crippen LogP contribution in [-0.2, 0) is 20.8 Å². The number of pyridine rings is 1. The molecular weight excluding hydrogens is 440 g/mol. The van der Waals surface area contributed by atoms with Gasteiger partial charge in [0.15, 0.2) is 6.10 Å². The summed E-state index contributed by atoms with van der Waals surface area (Å²) >= 11 is 6.18. The molecule has 176 valence electrons. The molecule has 1 aromatic carbocycles. The minimum absolute atomic E-state index is 0.176. The smallest absolute Gasteiger partial charge is 0.337 e. The second kappa shape index (κ2) is 8.75. The number of aromatic nitrogens is 2. The minimum atomic E-state index is -1.16. The number of rotatable bonds is 6. The van der Waals surface area contributed by atoms with Gasteiger partial charge in [0.05, 0.1) is 18.2 Å². The van der Waals surface area contributed by atoms with Crippen molar-refractivity contribution in [3.8, 4) is 11.1 Å².